The Hall–Kier alpha value is -2.08. The van der Waals surface area contributed by atoms with E-state index in [9.17, 15) is 12.8 Å². The quantitative estimate of drug-likeness (QED) is 0.863. The third-order valence-corrected chi connectivity index (χ3v) is 6.21. The maximum absolute atomic E-state index is 13.3. The second-order valence-electron chi connectivity index (χ2n) is 5.98. The van der Waals surface area contributed by atoms with Crippen LogP contribution in [0.25, 0.3) is 0 Å². The summed E-state index contributed by atoms with van der Waals surface area (Å²) >= 11 is 0. The molecule has 1 fully saturated rings. The summed E-state index contributed by atoms with van der Waals surface area (Å²) in [6, 6.07) is 13.8. The number of rotatable bonds is 4. The summed E-state index contributed by atoms with van der Waals surface area (Å²) in [5.74, 6) is -0.299. The van der Waals surface area contributed by atoms with Gasteiger partial charge in [0.2, 0.25) is 0 Å². The molecule has 0 spiro atoms. The van der Waals surface area contributed by atoms with Crippen molar-refractivity contribution in [1.29, 1.82) is 0 Å². The van der Waals surface area contributed by atoms with Crippen LogP contribution in [0.4, 0.5) is 15.8 Å². The SMILES string of the molecule is O=S1(=O)N(CCc2cccc(F)c2)c2ccccc2N1C1CC1. The Bertz CT molecular complexity index is 849. The van der Waals surface area contributed by atoms with Gasteiger partial charge in [-0.15, -0.1) is 0 Å². The molecule has 23 heavy (non-hydrogen) atoms. The zero-order valence-corrected chi connectivity index (χ0v) is 13.3. The number of nitrogens with zero attached hydrogens (tertiary/aromatic N) is 2. The van der Waals surface area contributed by atoms with Crippen molar-refractivity contribution in [3.05, 3.63) is 59.9 Å². The third-order valence-electron chi connectivity index (χ3n) is 4.29. The fourth-order valence-electron chi connectivity index (χ4n) is 3.07. The Balaban J connectivity index is 1.65. The zero-order chi connectivity index (χ0) is 16.0. The first-order valence-electron chi connectivity index (χ1n) is 7.73. The minimum absolute atomic E-state index is 0.0836. The molecule has 6 heteroatoms. The molecule has 0 unspecified atom stereocenters. The molecule has 4 rings (SSSR count). The maximum Gasteiger partial charge on any atom is 0.326 e. The van der Waals surface area contributed by atoms with E-state index in [0.29, 0.717) is 13.0 Å². The predicted octanol–water partition coefficient (Wildman–Crippen LogP) is 3.10. The van der Waals surface area contributed by atoms with Crippen molar-refractivity contribution >= 4 is 21.6 Å². The van der Waals surface area contributed by atoms with E-state index in [1.165, 1.54) is 16.4 Å². The van der Waals surface area contributed by atoms with E-state index in [1.54, 1.807) is 10.4 Å². The van der Waals surface area contributed by atoms with Crippen LogP contribution in [0.15, 0.2) is 48.5 Å². The lowest BCUT2D eigenvalue weighted by Crippen LogP contribution is -2.40. The van der Waals surface area contributed by atoms with Crippen LogP contribution in [0.1, 0.15) is 18.4 Å². The lowest BCUT2D eigenvalue weighted by atomic mass is 10.1. The smallest absolute Gasteiger partial charge is 0.251 e. The molecule has 1 heterocycles. The molecular formula is C17H17FN2O2S. The van der Waals surface area contributed by atoms with Gasteiger partial charge in [-0.3, -0.25) is 4.31 Å². The normalized spacial score (nSPS) is 19.0. The Morgan fingerprint density at radius 1 is 1.04 bits per heavy atom. The summed E-state index contributed by atoms with van der Waals surface area (Å²) in [5.41, 5.74) is 2.27. The van der Waals surface area contributed by atoms with Gasteiger partial charge in [-0.2, -0.15) is 8.42 Å². The first-order valence-corrected chi connectivity index (χ1v) is 9.12. The molecule has 0 saturated heterocycles. The number of fused-ring (bicyclic) bond motifs is 1. The van der Waals surface area contributed by atoms with Crippen LogP contribution in [-0.4, -0.2) is 21.0 Å². The van der Waals surface area contributed by atoms with Gasteiger partial charge in [-0.25, -0.2) is 8.70 Å². The summed E-state index contributed by atoms with van der Waals surface area (Å²) in [6.07, 6.45) is 2.29. The molecule has 1 aliphatic heterocycles. The maximum atomic E-state index is 13.3. The predicted molar refractivity (Wildman–Crippen MR) is 88.3 cm³/mol. The molecule has 1 aliphatic carbocycles. The van der Waals surface area contributed by atoms with E-state index in [0.717, 1.165) is 29.8 Å². The first kappa shape index (κ1) is 14.5. The van der Waals surface area contributed by atoms with Crippen LogP contribution in [0.5, 0.6) is 0 Å². The van der Waals surface area contributed by atoms with E-state index < -0.39 is 10.2 Å². The van der Waals surface area contributed by atoms with Gasteiger partial charge in [0.05, 0.1) is 11.4 Å². The van der Waals surface area contributed by atoms with Gasteiger partial charge in [-0.05, 0) is 49.1 Å². The second kappa shape index (κ2) is 5.23. The summed E-state index contributed by atoms with van der Waals surface area (Å²) in [4.78, 5) is 0. The first-order chi connectivity index (χ1) is 11.1. The summed E-state index contributed by atoms with van der Waals surface area (Å²) in [6.45, 7) is 0.312. The average Bonchev–Trinajstić information content (AvgIpc) is 3.30. The van der Waals surface area contributed by atoms with Gasteiger partial charge in [0, 0.05) is 12.6 Å². The van der Waals surface area contributed by atoms with Crippen LogP contribution in [0, 0.1) is 5.82 Å². The Kier molecular flexibility index (Phi) is 3.30. The van der Waals surface area contributed by atoms with Crippen LogP contribution in [0.3, 0.4) is 0 Å². The fraction of sp³-hybridized carbons (Fsp3) is 0.294. The van der Waals surface area contributed by atoms with Gasteiger partial charge >= 0.3 is 10.2 Å². The van der Waals surface area contributed by atoms with Crippen molar-refractivity contribution in [2.45, 2.75) is 25.3 Å². The molecule has 4 nitrogen and oxygen atoms in total. The number of anilines is 2. The molecule has 0 bridgehead atoms. The van der Waals surface area contributed by atoms with E-state index in [1.807, 2.05) is 30.3 Å². The minimum Gasteiger partial charge on any atom is -0.251 e. The lowest BCUT2D eigenvalue weighted by Gasteiger charge is -2.21. The number of benzene rings is 2. The highest BCUT2D eigenvalue weighted by Gasteiger charge is 2.47. The van der Waals surface area contributed by atoms with Crippen molar-refractivity contribution in [2.24, 2.45) is 0 Å². The highest BCUT2D eigenvalue weighted by molar-refractivity contribution is 7.94. The second-order valence-corrected chi connectivity index (χ2v) is 7.71. The average molecular weight is 332 g/mol. The molecule has 0 radical (unpaired) electrons. The van der Waals surface area contributed by atoms with E-state index in [4.69, 9.17) is 0 Å². The molecule has 2 aromatic rings. The van der Waals surface area contributed by atoms with Gasteiger partial charge in [-0.1, -0.05) is 24.3 Å². The van der Waals surface area contributed by atoms with Crippen molar-refractivity contribution in [3.63, 3.8) is 0 Å². The Morgan fingerprint density at radius 2 is 1.78 bits per heavy atom. The van der Waals surface area contributed by atoms with E-state index in [2.05, 4.69) is 0 Å². The van der Waals surface area contributed by atoms with E-state index in [-0.39, 0.29) is 11.9 Å². The zero-order valence-electron chi connectivity index (χ0n) is 12.5. The summed E-state index contributed by atoms with van der Waals surface area (Å²) < 4.78 is 42.1. The van der Waals surface area contributed by atoms with Gasteiger partial charge in [0.1, 0.15) is 5.82 Å². The molecular weight excluding hydrogens is 315 g/mol. The third kappa shape index (κ3) is 2.47. The lowest BCUT2D eigenvalue weighted by molar-refractivity contribution is 0.588. The molecule has 1 saturated carbocycles. The van der Waals surface area contributed by atoms with Crippen molar-refractivity contribution in [1.82, 2.24) is 0 Å². The molecule has 2 aromatic carbocycles. The van der Waals surface area contributed by atoms with Gasteiger partial charge < -0.3 is 0 Å². The van der Waals surface area contributed by atoms with Crippen molar-refractivity contribution in [2.75, 3.05) is 15.2 Å². The van der Waals surface area contributed by atoms with E-state index >= 15 is 0 Å². The number of hydrogen-bond donors (Lipinski definition) is 0. The number of para-hydroxylation sites is 2. The molecule has 2 aliphatic rings. The fourth-order valence-corrected chi connectivity index (χ4v) is 5.00. The Labute approximate surface area is 135 Å². The van der Waals surface area contributed by atoms with Crippen LogP contribution < -0.4 is 8.61 Å². The highest BCUT2D eigenvalue weighted by atomic mass is 32.2. The molecule has 0 N–H and O–H groups in total. The van der Waals surface area contributed by atoms with Gasteiger partial charge in [0.15, 0.2) is 0 Å². The van der Waals surface area contributed by atoms with Crippen LogP contribution >= 0.6 is 0 Å². The Morgan fingerprint density at radius 3 is 2.48 bits per heavy atom. The molecule has 0 amide bonds. The number of halogens is 1. The summed E-state index contributed by atoms with van der Waals surface area (Å²) in [5, 5.41) is 0. The van der Waals surface area contributed by atoms with Crippen LogP contribution in [0.2, 0.25) is 0 Å². The minimum atomic E-state index is -3.53. The standard InChI is InChI=1S/C17H17FN2O2S/c18-14-5-3-4-13(12-14)10-11-19-16-6-1-2-7-17(16)20(15-8-9-15)23(19,21)22/h1-7,12,15H,8-11H2. The van der Waals surface area contributed by atoms with Crippen molar-refractivity contribution < 1.29 is 12.8 Å². The highest BCUT2D eigenvalue weighted by Crippen LogP contribution is 2.46. The summed E-state index contributed by atoms with van der Waals surface area (Å²) in [7, 11) is -3.53. The van der Waals surface area contributed by atoms with Gasteiger partial charge in [0.25, 0.3) is 0 Å². The molecule has 120 valence electrons. The monoisotopic (exact) mass is 332 g/mol. The topological polar surface area (TPSA) is 40.6 Å². The van der Waals surface area contributed by atoms with Crippen LogP contribution in [-0.2, 0) is 16.6 Å². The molecule has 0 aromatic heterocycles. The number of hydrogen-bond acceptors (Lipinski definition) is 2. The van der Waals surface area contributed by atoms with Crippen molar-refractivity contribution in [3.8, 4) is 0 Å². The largest absolute Gasteiger partial charge is 0.326 e. The molecule has 0 atom stereocenters.